The number of hydrogen-bond acceptors (Lipinski definition) is 8. The van der Waals surface area contributed by atoms with Crippen LogP contribution in [-0.2, 0) is 84.6 Å². The van der Waals surface area contributed by atoms with Gasteiger partial charge < -0.3 is 40.2 Å². The van der Waals surface area contributed by atoms with Crippen LogP contribution in [0.1, 0.15) is 148 Å². The van der Waals surface area contributed by atoms with E-state index in [0.29, 0.717) is 24.5 Å². The Morgan fingerprint density at radius 3 is 1.58 bits per heavy atom. The molecule has 0 amide bonds. The van der Waals surface area contributed by atoms with Crippen molar-refractivity contribution in [3.63, 3.8) is 0 Å². The van der Waals surface area contributed by atoms with E-state index in [-0.39, 0.29) is 71.8 Å². The second-order valence-electron chi connectivity index (χ2n) is 11.1. The molecule has 0 aromatic carbocycles. The fourth-order valence-electron chi connectivity index (χ4n) is 3.93. The Morgan fingerprint density at radius 1 is 0.729 bits per heavy atom. The van der Waals surface area contributed by atoms with Crippen LogP contribution >= 0.6 is 46.8 Å². The van der Waals surface area contributed by atoms with Crippen molar-refractivity contribution < 1.29 is 105 Å². The van der Waals surface area contributed by atoms with Gasteiger partial charge in [-0.05, 0) is 57.1 Å². The number of aliphatic carboxylic acids is 4. The molecular formula is C34H63O8S4Y2-3. The maximum absolute atomic E-state index is 10.2. The van der Waals surface area contributed by atoms with E-state index in [4.69, 9.17) is 20.4 Å². The van der Waals surface area contributed by atoms with Crippen molar-refractivity contribution in [2.45, 2.75) is 159 Å². The van der Waals surface area contributed by atoms with E-state index in [1.54, 1.807) is 0 Å². The Bertz CT molecular complexity index is 693. The quantitative estimate of drug-likeness (QED) is 0.0214. The molecule has 0 aliphatic carbocycles. The first-order valence-corrected chi connectivity index (χ1v) is 20.4. The van der Waals surface area contributed by atoms with E-state index < -0.39 is 23.9 Å². The van der Waals surface area contributed by atoms with Gasteiger partial charge in [-0.1, -0.05) is 60.6 Å². The zero-order chi connectivity index (χ0) is 35.3. The Hall–Kier alpha value is 1.49. The molecule has 2 unspecified atom stereocenters. The van der Waals surface area contributed by atoms with E-state index >= 15 is 0 Å². The van der Waals surface area contributed by atoms with Crippen LogP contribution in [0.2, 0.25) is 0 Å². The third-order valence-corrected chi connectivity index (χ3v) is 10.3. The maximum atomic E-state index is 10.2. The minimum atomic E-state index is -0.708. The van der Waals surface area contributed by atoms with Crippen LogP contribution in [-0.4, -0.2) is 66.3 Å². The summed E-state index contributed by atoms with van der Waals surface area (Å²) < 4.78 is 0. The zero-order valence-electron chi connectivity index (χ0n) is 29.3. The van der Waals surface area contributed by atoms with Crippen LogP contribution in [0.4, 0.5) is 0 Å². The summed E-state index contributed by atoms with van der Waals surface area (Å²) in [6, 6.07) is 0. The van der Waals surface area contributed by atoms with Gasteiger partial charge in [-0.2, -0.15) is 44.5 Å². The van der Waals surface area contributed by atoms with Crippen LogP contribution in [0.15, 0.2) is 0 Å². The van der Waals surface area contributed by atoms with Gasteiger partial charge in [-0.25, -0.2) is 12.8 Å². The summed E-state index contributed by atoms with van der Waals surface area (Å²) in [6.07, 6.45) is 23.9. The fourth-order valence-corrected chi connectivity index (χ4v) is 7.78. The van der Waals surface area contributed by atoms with Gasteiger partial charge in [0, 0.05) is 107 Å². The summed E-state index contributed by atoms with van der Waals surface area (Å²) in [7, 11) is 3.92. The average molecular weight is 906 g/mol. The van der Waals surface area contributed by atoms with Gasteiger partial charge in [-0.15, -0.1) is 0 Å². The third-order valence-electron chi connectivity index (χ3n) is 6.53. The summed E-state index contributed by atoms with van der Waals surface area (Å²) >= 11 is 8.43. The predicted molar refractivity (Wildman–Crippen MR) is 202 cm³/mol. The minimum absolute atomic E-state index is 0. The van der Waals surface area contributed by atoms with E-state index in [1.165, 1.54) is 25.0 Å². The van der Waals surface area contributed by atoms with E-state index in [2.05, 4.69) is 51.9 Å². The third kappa shape index (κ3) is 59.6. The SMILES string of the molecule is CCC[CH-]CCCCC(=O)O.O=C(O)CCCCC(S)CCS.O=C(O)CCCCC1CCSS1.[CH2-]CC[CH-]CCCCC(=O)O.[Y].[Y]. The van der Waals surface area contributed by atoms with Gasteiger partial charge in [0.2, 0.25) is 0 Å². The topological polar surface area (TPSA) is 149 Å². The number of hydrogen-bond donors (Lipinski definition) is 6. The number of unbranched alkanes of at least 4 members (excludes halogenated alkanes) is 12. The van der Waals surface area contributed by atoms with Crippen LogP contribution in [0.25, 0.3) is 0 Å². The van der Waals surface area contributed by atoms with Crippen molar-refractivity contribution in [2.75, 3.05) is 11.5 Å². The first-order valence-electron chi connectivity index (χ1n) is 16.9. The first-order chi connectivity index (χ1) is 22.0. The van der Waals surface area contributed by atoms with Crippen LogP contribution in [0.5, 0.6) is 0 Å². The second-order valence-corrected chi connectivity index (χ2v) is 15.0. The molecule has 14 heteroatoms. The number of carbonyl (C=O) groups is 4. The molecular weight excluding hydrogens is 842 g/mol. The molecule has 2 radical (unpaired) electrons. The molecule has 1 rings (SSSR count). The molecule has 0 saturated carbocycles. The Balaban J connectivity index is -0.000000169. The summed E-state index contributed by atoms with van der Waals surface area (Å²) in [6.45, 7) is 5.85. The van der Waals surface area contributed by atoms with Gasteiger partial charge in [0.05, 0.1) is 0 Å². The van der Waals surface area contributed by atoms with Crippen molar-refractivity contribution in [3.8, 4) is 0 Å². The van der Waals surface area contributed by atoms with Crippen molar-refractivity contribution >= 4 is 70.7 Å². The molecule has 1 saturated heterocycles. The largest absolute Gasteiger partial charge is 0.481 e. The summed E-state index contributed by atoms with van der Waals surface area (Å²) in [5.41, 5.74) is 0. The first kappa shape index (κ1) is 58.8. The van der Waals surface area contributed by atoms with Crippen LogP contribution in [0, 0.1) is 19.8 Å². The average Bonchev–Trinajstić information content (AvgIpc) is 3.52. The smallest absolute Gasteiger partial charge is 0.303 e. The maximum Gasteiger partial charge on any atom is 0.303 e. The molecule has 1 fully saturated rings. The van der Waals surface area contributed by atoms with Crippen LogP contribution < -0.4 is 0 Å². The molecule has 2 atom stereocenters. The second kappa shape index (κ2) is 48.5. The van der Waals surface area contributed by atoms with E-state index in [9.17, 15) is 19.2 Å². The minimum Gasteiger partial charge on any atom is -0.481 e. The molecule has 48 heavy (non-hydrogen) atoms. The van der Waals surface area contributed by atoms with E-state index in [1.807, 2.05) is 21.6 Å². The fraction of sp³-hybridized carbons (Fsp3) is 0.794. The van der Waals surface area contributed by atoms with Gasteiger partial charge in [0.15, 0.2) is 0 Å². The van der Waals surface area contributed by atoms with Crippen molar-refractivity contribution in [1.82, 2.24) is 0 Å². The van der Waals surface area contributed by atoms with Crippen molar-refractivity contribution in [2.24, 2.45) is 0 Å². The van der Waals surface area contributed by atoms with Crippen molar-refractivity contribution in [1.29, 1.82) is 0 Å². The summed E-state index contributed by atoms with van der Waals surface area (Å²) in [5, 5.41) is 34.5. The standard InChI is InChI=1S/C9H17O2.C9H16O2.C8H14O2S2.C8H16O2S2.2Y/c2*1-2-3-4-5-6-7-8-9(10)11;9-8(10)4-2-1-3-7-5-6-11-12-7;9-8(10)4-2-1-3-7(12)5-6-11;;/h4H,2-3,5-8H2,1H3,(H,10,11);4H,1-3,5-8H2,(H,10,11);7H,1-6H2,(H,9,10);7,11-12H,1-6H2,(H,9,10);;/q-1;-2;;;;. The summed E-state index contributed by atoms with van der Waals surface area (Å²) in [5.74, 6) is -0.618. The van der Waals surface area contributed by atoms with Crippen LogP contribution in [0.3, 0.4) is 0 Å². The molecule has 1 aliphatic rings. The molecule has 280 valence electrons. The zero-order valence-corrected chi connectivity index (χ0v) is 38.4. The monoisotopic (exact) mass is 905 g/mol. The van der Waals surface area contributed by atoms with Crippen molar-refractivity contribution in [3.05, 3.63) is 19.8 Å². The molecule has 0 spiro atoms. The van der Waals surface area contributed by atoms with E-state index in [0.717, 1.165) is 107 Å². The molecule has 4 N–H and O–H groups in total. The Labute approximate surface area is 361 Å². The molecule has 1 aliphatic heterocycles. The number of carboxylic acid groups (broad SMARTS) is 4. The predicted octanol–water partition coefficient (Wildman–Crippen LogP) is 10.1. The molecule has 0 aromatic rings. The number of carboxylic acids is 4. The normalized spacial score (nSPS) is 13.5. The molecule has 1 heterocycles. The Kier molecular flexibility index (Phi) is 59.4. The number of thiol groups is 2. The summed E-state index contributed by atoms with van der Waals surface area (Å²) in [4.78, 5) is 40.5. The Morgan fingerprint density at radius 2 is 1.19 bits per heavy atom. The number of rotatable bonds is 26. The van der Waals surface area contributed by atoms with Gasteiger partial charge in [-0.3, -0.25) is 19.2 Å². The van der Waals surface area contributed by atoms with Gasteiger partial charge >= 0.3 is 23.9 Å². The van der Waals surface area contributed by atoms with Gasteiger partial charge in [0.1, 0.15) is 0 Å². The molecule has 8 nitrogen and oxygen atoms in total. The molecule has 0 aromatic heterocycles. The van der Waals surface area contributed by atoms with Gasteiger partial charge in [0.25, 0.3) is 0 Å². The molecule has 0 bridgehead atoms.